The highest BCUT2D eigenvalue weighted by Gasteiger charge is 2.47. The highest BCUT2D eigenvalue weighted by molar-refractivity contribution is 6.28. The Morgan fingerprint density at radius 2 is 1.98 bits per heavy atom. The Labute approximate surface area is 318 Å². The molecule has 12 nitrogen and oxygen atoms in total. The molecule has 2 aromatic heterocycles. The molecule has 3 atom stereocenters. The van der Waals surface area contributed by atoms with Crippen LogP contribution in [0.2, 0.25) is 0 Å². The lowest BCUT2D eigenvalue weighted by molar-refractivity contribution is -0.144. The highest BCUT2D eigenvalue weighted by atomic mass is 35.5. The number of piperidine rings is 1. The van der Waals surface area contributed by atoms with E-state index in [4.69, 9.17) is 31.0 Å². The van der Waals surface area contributed by atoms with Gasteiger partial charge >= 0.3 is 5.97 Å². The predicted octanol–water partition coefficient (Wildman–Crippen LogP) is 6.08. The van der Waals surface area contributed by atoms with Crippen molar-refractivity contribution in [3.63, 3.8) is 0 Å². The third kappa shape index (κ3) is 7.08. The highest BCUT2D eigenvalue weighted by Crippen LogP contribution is 2.43. The molecule has 13 heteroatoms. The number of aryl methyl sites for hydroxylation is 1. The quantitative estimate of drug-likeness (QED) is 0.171. The molecule has 4 aromatic rings. The average Bonchev–Trinajstić information content (AvgIpc) is 3.60. The molecule has 2 unspecified atom stereocenters. The molecule has 7 rings (SSSR count). The second-order valence-electron chi connectivity index (χ2n) is 14.2. The first kappa shape index (κ1) is 36.8. The summed E-state index contributed by atoms with van der Waals surface area (Å²) in [6, 6.07) is 16.9. The number of methoxy groups -OCH3 is 1. The summed E-state index contributed by atoms with van der Waals surface area (Å²) in [6.07, 6.45) is 9.82. The van der Waals surface area contributed by atoms with E-state index < -0.39 is 28.8 Å². The van der Waals surface area contributed by atoms with Crippen LogP contribution in [0.3, 0.4) is 0 Å². The number of carboxylic acids is 1. The van der Waals surface area contributed by atoms with Gasteiger partial charge in [0.25, 0.3) is 5.91 Å². The van der Waals surface area contributed by atoms with E-state index in [1.807, 2.05) is 54.3 Å². The van der Waals surface area contributed by atoms with E-state index in [1.165, 1.54) is 13.2 Å². The number of ether oxygens (including phenoxy) is 1. The molecule has 0 bridgehead atoms. The fourth-order valence-electron chi connectivity index (χ4n) is 7.77. The van der Waals surface area contributed by atoms with Crippen LogP contribution in [0.25, 0.3) is 16.7 Å². The molecule has 2 N–H and O–H groups in total. The van der Waals surface area contributed by atoms with E-state index in [-0.39, 0.29) is 17.2 Å². The van der Waals surface area contributed by atoms with Gasteiger partial charge in [-0.15, -0.1) is 11.6 Å². The number of carbonyl (C=O) groups excluding carboxylic acids is 1. The van der Waals surface area contributed by atoms with Crippen molar-refractivity contribution < 1.29 is 23.8 Å². The average molecular weight is 746 g/mol. The summed E-state index contributed by atoms with van der Waals surface area (Å²) in [5, 5.41) is 31.2. The summed E-state index contributed by atoms with van der Waals surface area (Å²) >= 11 is 7.45. The maximum atomic E-state index is 14.3. The van der Waals surface area contributed by atoms with Gasteiger partial charge in [-0.25, -0.2) is 4.98 Å². The van der Waals surface area contributed by atoms with Crippen molar-refractivity contribution in [1.82, 2.24) is 25.1 Å². The number of amides is 1. The van der Waals surface area contributed by atoms with Crippen LogP contribution in [-0.4, -0.2) is 74.9 Å². The zero-order chi connectivity index (χ0) is 38.0. The number of hydrogen-bond acceptors (Lipinski definition) is 10. The number of allylic oxidation sites excluding steroid dienone is 2. The van der Waals surface area contributed by atoms with E-state index >= 15 is 0 Å². The number of hydrogen-bond donors (Lipinski definition) is 2. The minimum atomic E-state index is -1.52. The van der Waals surface area contributed by atoms with Gasteiger partial charge in [-0.05, 0) is 72.7 Å². The lowest BCUT2D eigenvalue weighted by Crippen LogP contribution is -2.52. The number of aromatic nitrogens is 2. The standard InChI is InChI=1S/C41H40ClN7O5/c1-25-8-3-4-9-30(25)31-10-7-13-41(37(31)42,40-46-32-17-27(16-28(19-44)36(32)54-40)23-48-21-26(22-48)12-14-43)47-38(50)33-18-35(53-2)29(20-45-33)24-49-15-6-5-11-34(49)39(51)52/h3-4,7-10,13,16-18,20,26,34,37H,5-6,11-12,15,21-24H2,1-2H3,(H,47,50)(H,51,52)/t34-,37?,41?/m0/s1. The summed E-state index contributed by atoms with van der Waals surface area (Å²) < 4.78 is 12.1. The second kappa shape index (κ2) is 15.4. The maximum Gasteiger partial charge on any atom is 0.320 e. The van der Waals surface area contributed by atoms with E-state index in [0.717, 1.165) is 48.2 Å². The molecule has 1 amide bonds. The molecule has 4 heterocycles. The van der Waals surface area contributed by atoms with Gasteiger partial charge < -0.3 is 19.6 Å². The Kier molecular flexibility index (Phi) is 10.5. The van der Waals surface area contributed by atoms with Crippen molar-refractivity contribution in [3.05, 3.63) is 106 Å². The van der Waals surface area contributed by atoms with Gasteiger partial charge in [0.1, 0.15) is 29.1 Å². The Morgan fingerprint density at radius 3 is 2.72 bits per heavy atom. The van der Waals surface area contributed by atoms with Crippen LogP contribution in [0.4, 0.5) is 0 Å². The molecule has 2 saturated heterocycles. The lowest BCUT2D eigenvalue weighted by atomic mass is 9.81. The topological polar surface area (TPSA) is 169 Å². The number of nitriles is 2. The summed E-state index contributed by atoms with van der Waals surface area (Å²) in [5.41, 5.74) is 3.72. The molecule has 276 valence electrons. The van der Waals surface area contributed by atoms with Crippen molar-refractivity contribution >= 4 is 40.2 Å². The van der Waals surface area contributed by atoms with Crippen molar-refractivity contribution in [1.29, 1.82) is 10.5 Å². The summed E-state index contributed by atoms with van der Waals surface area (Å²) in [7, 11) is 1.50. The number of likely N-dealkylation sites (tertiary alicyclic amines) is 2. The molecule has 2 aliphatic heterocycles. The summed E-state index contributed by atoms with van der Waals surface area (Å²) in [4.78, 5) is 39.8. The third-order valence-electron chi connectivity index (χ3n) is 10.6. The van der Waals surface area contributed by atoms with Crippen molar-refractivity contribution in [2.45, 2.75) is 62.7 Å². The first-order valence-electron chi connectivity index (χ1n) is 18.0. The fraction of sp³-hybridized carbons (Fsp3) is 0.366. The van der Waals surface area contributed by atoms with Crippen LogP contribution in [0.1, 0.15) is 69.9 Å². The van der Waals surface area contributed by atoms with Crippen LogP contribution < -0.4 is 10.1 Å². The minimum Gasteiger partial charge on any atom is -0.496 e. The Balaban J connectivity index is 1.24. The van der Waals surface area contributed by atoms with Gasteiger partial charge in [0.05, 0.1) is 24.1 Å². The van der Waals surface area contributed by atoms with Crippen molar-refractivity contribution in [3.8, 4) is 17.9 Å². The number of oxazole rings is 1. The Hall–Kier alpha value is -5.53. The molecule has 0 saturated carbocycles. The fourth-order valence-corrected chi connectivity index (χ4v) is 8.18. The molecule has 1 aliphatic carbocycles. The number of halogens is 1. The van der Waals surface area contributed by atoms with Gasteiger partial charge in [0.15, 0.2) is 11.1 Å². The van der Waals surface area contributed by atoms with Crippen molar-refractivity contribution in [2.75, 3.05) is 26.7 Å². The number of rotatable bonds is 11. The van der Waals surface area contributed by atoms with E-state index in [1.54, 1.807) is 18.3 Å². The normalized spacial score (nSPS) is 21.8. The number of benzene rings is 2. The Morgan fingerprint density at radius 1 is 1.17 bits per heavy atom. The molecule has 2 fully saturated rings. The number of carbonyl (C=O) groups is 2. The van der Waals surface area contributed by atoms with Crippen molar-refractivity contribution in [2.24, 2.45) is 5.92 Å². The zero-order valence-corrected chi connectivity index (χ0v) is 30.8. The van der Waals surface area contributed by atoms with Crippen LogP contribution in [0.15, 0.2) is 71.3 Å². The zero-order valence-electron chi connectivity index (χ0n) is 30.1. The molecule has 2 aromatic carbocycles. The lowest BCUT2D eigenvalue weighted by Gasteiger charge is -2.38. The molecule has 0 spiro atoms. The number of carboxylic acid groups (broad SMARTS) is 1. The van der Waals surface area contributed by atoms with Crippen LogP contribution in [0, 0.1) is 35.5 Å². The number of aliphatic carboxylic acids is 1. The molecule has 54 heavy (non-hydrogen) atoms. The van der Waals surface area contributed by atoms with E-state index in [0.29, 0.717) is 60.8 Å². The molecular weight excluding hydrogens is 706 g/mol. The number of pyridine rings is 1. The first-order chi connectivity index (χ1) is 26.1. The van der Waals surface area contributed by atoms with Crippen LogP contribution >= 0.6 is 11.6 Å². The molecule has 3 aliphatic rings. The molecule has 0 radical (unpaired) electrons. The first-order valence-corrected chi connectivity index (χ1v) is 18.4. The van der Waals surface area contributed by atoms with Crippen LogP contribution in [-0.2, 0) is 23.4 Å². The molecular formula is C41H40ClN7O5. The van der Waals surface area contributed by atoms with Crippen LogP contribution in [0.5, 0.6) is 5.75 Å². The SMILES string of the molecule is COc1cc(C(=O)NC2(c3nc4cc(CN5CC(CC#N)C5)cc(C#N)c4o3)C=CC=C(c3ccccc3C)C2Cl)ncc1CN1CCCC[C@H]1C(=O)O. The van der Waals surface area contributed by atoms with Gasteiger partial charge in [0, 0.05) is 50.4 Å². The van der Waals surface area contributed by atoms with Gasteiger partial charge in [0.2, 0.25) is 5.89 Å². The third-order valence-corrected chi connectivity index (χ3v) is 11.2. The monoisotopic (exact) mass is 745 g/mol. The summed E-state index contributed by atoms with van der Waals surface area (Å²) in [5.74, 6) is -0.598. The predicted molar refractivity (Wildman–Crippen MR) is 201 cm³/mol. The summed E-state index contributed by atoms with van der Waals surface area (Å²) in [6.45, 7) is 5.12. The smallest absolute Gasteiger partial charge is 0.320 e. The second-order valence-corrected chi connectivity index (χ2v) is 14.7. The van der Waals surface area contributed by atoms with E-state index in [9.17, 15) is 20.0 Å². The Bertz CT molecular complexity index is 2250. The maximum absolute atomic E-state index is 14.3. The minimum absolute atomic E-state index is 0.0491. The van der Waals surface area contributed by atoms with Gasteiger partial charge in [-0.1, -0.05) is 42.8 Å². The number of alkyl halides is 1. The largest absolute Gasteiger partial charge is 0.496 e. The number of nitrogens with zero attached hydrogens (tertiary/aromatic N) is 6. The van der Waals surface area contributed by atoms with Gasteiger partial charge in [-0.3, -0.25) is 24.4 Å². The van der Waals surface area contributed by atoms with E-state index in [2.05, 4.69) is 27.3 Å². The number of fused-ring (bicyclic) bond motifs is 1. The number of nitrogens with one attached hydrogen (secondary N) is 1. The van der Waals surface area contributed by atoms with Gasteiger partial charge in [-0.2, -0.15) is 10.5 Å².